The maximum atomic E-state index is 13.5. The topological polar surface area (TPSA) is 96.0 Å². The van der Waals surface area contributed by atoms with Crippen LogP contribution >= 0.6 is 0 Å². The fraction of sp³-hybridized carbons (Fsp3) is 0.500. The van der Waals surface area contributed by atoms with Gasteiger partial charge in [-0.05, 0) is 68.5 Å². The molecule has 2 atom stereocenters. The van der Waals surface area contributed by atoms with Crippen LogP contribution in [0.25, 0.3) is 0 Å². The first-order valence-electron chi connectivity index (χ1n) is 12.8. The number of nitrogens with one attached hydrogen (secondary N) is 1. The zero-order valence-electron chi connectivity index (χ0n) is 22.9. The van der Waals surface area contributed by atoms with Gasteiger partial charge in [-0.25, -0.2) is 8.42 Å². The van der Waals surface area contributed by atoms with Gasteiger partial charge >= 0.3 is 0 Å². The van der Waals surface area contributed by atoms with Crippen molar-refractivity contribution >= 4 is 27.5 Å². The normalized spacial score (nSPS) is 12.9. The van der Waals surface area contributed by atoms with Crippen molar-refractivity contribution in [2.24, 2.45) is 0 Å². The Morgan fingerprint density at radius 1 is 1.05 bits per heavy atom. The van der Waals surface area contributed by atoms with Crippen LogP contribution in [0.2, 0.25) is 0 Å². The molecule has 0 aliphatic carbocycles. The molecule has 0 radical (unpaired) electrons. The molecule has 2 aromatic rings. The number of benzene rings is 2. The average Bonchev–Trinajstić information content (AvgIpc) is 2.85. The quantitative estimate of drug-likeness (QED) is 0.393. The Bertz CT molecular complexity index is 1150. The van der Waals surface area contributed by atoms with E-state index >= 15 is 0 Å². The first kappa shape index (κ1) is 30.2. The van der Waals surface area contributed by atoms with Gasteiger partial charge in [0.1, 0.15) is 11.8 Å². The molecule has 8 nitrogen and oxygen atoms in total. The molecule has 0 aromatic heterocycles. The van der Waals surface area contributed by atoms with Gasteiger partial charge in [0.2, 0.25) is 21.8 Å². The van der Waals surface area contributed by atoms with E-state index < -0.39 is 16.1 Å². The minimum Gasteiger partial charge on any atom is -0.497 e. The molecular weight excluding hydrogens is 490 g/mol. The number of carbonyl (C=O) groups is 2. The van der Waals surface area contributed by atoms with E-state index in [4.69, 9.17) is 4.74 Å². The van der Waals surface area contributed by atoms with Crippen LogP contribution in [0.15, 0.2) is 48.5 Å². The Morgan fingerprint density at radius 2 is 1.76 bits per heavy atom. The molecular formula is C28H41N3O5S. The first-order valence-corrected chi connectivity index (χ1v) is 14.6. The van der Waals surface area contributed by atoms with E-state index in [9.17, 15) is 18.0 Å². The number of anilines is 1. The van der Waals surface area contributed by atoms with Crippen LogP contribution < -0.4 is 14.4 Å². The van der Waals surface area contributed by atoms with Crippen molar-refractivity contribution in [2.75, 3.05) is 24.2 Å². The maximum absolute atomic E-state index is 13.5. The highest BCUT2D eigenvalue weighted by atomic mass is 32.2. The SMILES string of the molecule is CC[C@H](C)NC(=O)[C@H](CC)N(Cc1cccc(OC)c1)C(=O)CCCN(c1cccc(C)c1)S(C)(=O)=O. The lowest BCUT2D eigenvalue weighted by Gasteiger charge is -2.32. The number of aryl methyl sites for hydroxylation is 1. The number of ether oxygens (including phenoxy) is 1. The van der Waals surface area contributed by atoms with Crippen molar-refractivity contribution in [2.45, 2.75) is 72.0 Å². The Balaban J connectivity index is 2.25. The van der Waals surface area contributed by atoms with Gasteiger partial charge < -0.3 is 15.0 Å². The zero-order chi connectivity index (χ0) is 27.6. The molecule has 1 N–H and O–H groups in total. The van der Waals surface area contributed by atoms with E-state index in [1.54, 1.807) is 18.1 Å². The lowest BCUT2D eigenvalue weighted by atomic mass is 10.1. The summed E-state index contributed by atoms with van der Waals surface area (Å²) in [6.07, 6.45) is 2.83. The smallest absolute Gasteiger partial charge is 0.243 e. The second-order valence-corrected chi connectivity index (χ2v) is 11.3. The molecule has 0 fully saturated rings. The third-order valence-electron chi connectivity index (χ3n) is 6.32. The summed E-state index contributed by atoms with van der Waals surface area (Å²) in [7, 11) is -1.95. The molecule has 2 aromatic carbocycles. The Labute approximate surface area is 222 Å². The van der Waals surface area contributed by atoms with Gasteiger partial charge in [0.15, 0.2) is 0 Å². The lowest BCUT2D eigenvalue weighted by Crippen LogP contribution is -2.50. The van der Waals surface area contributed by atoms with Crippen molar-refractivity contribution in [3.05, 3.63) is 59.7 Å². The maximum Gasteiger partial charge on any atom is 0.243 e. The average molecular weight is 532 g/mol. The highest BCUT2D eigenvalue weighted by Crippen LogP contribution is 2.21. The second-order valence-electron chi connectivity index (χ2n) is 9.39. The van der Waals surface area contributed by atoms with Crippen molar-refractivity contribution < 1.29 is 22.7 Å². The summed E-state index contributed by atoms with van der Waals surface area (Å²) in [4.78, 5) is 28.2. The lowest BCUT2D eigenvalue weighted by molar-refractivity contribution is -0.141. The molecule has 2 rings (SSSR count). The summed E-state index contributed by atoms with van der Waals surface area (Å²) in [5.41, 5.74) is 2.37. The highest BCUT2D eigenvalue weighted by Gasteiger charge is 2.29. The van der Waals surface area contributed by atoms with Crippen LogP contribution in [0.5, 0.6) is 5.75 Å². The number of methoxy groups -OCH3 is 1. The molecule has 0 saturated carbocycles. The van der Waals surface area contributed by atoms with Gasteiger partial charge in [0, 0.05) is 25.6 Å². The second kappa shape index (κ2) is 14.0. The predicted molar refractivity (Wildman–Crippen MR) is 148 cm³/mol. The molecule has 0 aliphatic heterocycles. The standard InChI is InChI=1S/C28H41N3O5S/c1-7-22(4)29-28(33)26(8-2)30(20-23-13-10-15-25(19-23)36-5)27(32)16-11-17-31(37(6,34)35)24-14-9-12-21(3)18-24/h9-10,12-15,18-19,22,26H,7-8,11,16-17,20H2,1-6H3,(H,29,33)/t22-,26-/m0/s1. The van der Waals surface area contributed by atoms with Crippen molar-refractivity contribution in [1.29, 1.82) is 0 Å². The van der Waals surface area contributed by atoms with Gasteiger partial charge in [-0.1, -0.05) is 38.1 Å². The van der Waals surface area contributed by atoms with Crippen molar-refractivity contribution in [3.8, 4) is 5.75 Å². The van der Waals surface area contributed by atoms with E-state index in [2.05, 4.69) is 5.32 Å². The summed E-state index contributed by atoms with van der Waals surface area (Å²) in [6.45, 7) is 8.12. The number of hydrogen-bond acceptors (Lipinski definition) is 5. The van der Waals surface area contributed by atoms with Gasteiger partial charge in [-0.2, -0.15) is 0 Å². The minimum atomic E-state index is -3.53. The van der Waals surface area contributed by atoms with E-state index in [-0.39, 0.29) is 37.4 Å². The van der Waals surface area contributed by atoms with Crippen LogP contribution in [-0.4, -0.2) is 57.1 Å². The number of sulfonamides is 1. The molecule has 2 amide bonds. The van der Waals surface area contributed by atoms with Gasteiger partial charge in [0.05, 0.1) is 19.1 Å². The summed E-state index contributed by atoms with van der Waals surface area (Å²) < 4.78 is 31.6. The molecule has 0 spiro atoms. The molecule has 37 heavy (non-hydrogen) atoms. The van der Waals surface area contributed by atoms with Crippen LogP contribution in [0.4, 0.5) is 5.69 Å². The molecule has 0 saturated heterocycles. The third-order valence-corrected chi connectivity index (χ3v) is 7.51. The van der Waals surface area contributed by atoms with E-state index in [0.717, 1.165) is 17.5 Å². The van der Waals surface area contributed by atoms with Gasteiger partial charge in [-0.15, -0.1) is 0 Å². The summed E-state index contributed by atoms with van der Waals surface area (Å²) >= 11 is 0. The molecule has 0 aliphatic rings. The zero-order valence-corrected chi connectivity index (χ0v) is 23.7. The third kappa shape index (κ3) is 9.07. The van der Waals surface area contributed by atoms with Crippen LogP contribution in [0.1, 0.15) is 57.6 Å². The number of carbonyl (C=O) groups excluding carboxylic acids is 2. The van der Waals surface area contributed by atoms with Crippen LogP contribution in [0.3, 0.4) is 0 Å². The van der Waals surface area contributed by atoms with Crippen LogP contribution in [-0.2, 0) is 26.2 Å². The predicted octanol–water partition coefficient (Wildman–Crippen LogP) is 4.27. The molecule has 0 heterocycles. The molecule has 0 bridgehead atoms. The summed E-state index contributed by atoms with van der Waals surface area (Å²) in [5, 5.41) is 3.00. The van der Waals surface area contributed by atoms with E-state index in [1.807, 2.05) is 70.2 Å². The number of rotatable bonds is 14. The Kier molecular flexibility index (Phi) is 11.4. The molecule has 0 unspecified atom stereocenters. The Morgan fingerprint density at radius 3 is 2.35 bits per heavy atom. The molecule has 9 heteroatoms. The summed E-state index contributed by atoms with van der Waals surface area (Å²) in [5.74, 6) is 0.279. The minimum absolute atomic E-state index is 0.00651. The van der Waals surface area contributed by atoms with E-state index in [1.165, 1.54) is 10.6 Å². The van der Waals surface area contributed by atoms with Gasteiger partial charge in [-0.3, -0.25) is 13.9 Å². The number of amides is 2. The van der Waals surface area contributed by atoms with Crippen molar-refractivity contribution in [1.82, 2.24) is 10.2 Å². The van der Waals surface area contributed by atoms with Crippen molar-refractivity contribution in [3.63, 3.8) is 0 Å². The first-order chi connectivity index (χ1) is 17.5. The van der Waals surface area contributed by atoms with Crippen LogP contribution in [0, 0.1) is 6.92 Å². The monoisotopic (exact) mass is 531 g/mol. The number of nitrogens with zero attached hydrogens (tertiary/aromatic N) is 2. The largest absolute Gasteiger partial charge is 0.497 e. The number of hydrogen-bond donors (Lipinski definition) is 1. The fourth-order valence-corrected chi connectivity index (χ4v) is 5.07. The fourth-order valence-electron chi connectivity index (χ4n) is 4.12. The molecule has 204 valence electrons. The van der Waals surface area contributed by atoms with E-state index in [0.29, 0.717) is 24.3 Å². The Hall–Kier alpha value is -3.07. The summed E-state index contributed by atoms with van der Waals surface area (Å²) in [6, 6.07) is 14.0. The van der Waals surface area contributed by atoms with Gasteiger partial charge in [0.25, 0.3) is 0 Å². The highest BCUT2D eigenvalue weighted by molar-refractivity contribution is 7.92.